The lowest BCUT2D eigenvalue weighted by molar-refractivity contribution is -0.142. The summed E-state index contributed by atoms with van der Waals surface area (Å²) in [5.41, 5.74) is 0.851. The second kappa shape index (κ2) is 5.79. The molecule has 0 radical (unpaired) electrons. The molecule has 0 bridgehead atoms. The van der Waals surface area contributed by atoms with Crippen LogP contribution in [0.1, 0.15) is 12.6 Å². The van der Waals surface area contributed by atoms with E-state index in [-0.39, 0.29) is 18.1 Å². The van der Waals surface area contributed by atoms with E-state index in [0.29, 0.717) is 22.9 Å². The van der Waals surface area contributed by atoms with Crippen molar-refractivity contribution in [1.29, 1.82) is 0 Å². The number of halogens is 1. The van der Waals surface area contributed by atoms with Gasteiger partial charge >= 0.3 is 5.97 Å². The Kier molecular flexibility index (Phi) is 4.11. The van der Waals surface area contributed by atoms with Crippen molar-refractivity contribution in [3.8, 4) is 16.3 Å². The van der Waals surface area contributed by atoms with Crippen LogP contribution in [-0.2, 0) is 16.0 Å². The lowest BCUT2D eigenvalue weighted by Gasteiger charge is -2.00. The zero-order valence-electron chi connectivity index (χ0n) is 10.2. The van der Waals surface area contributed by atoms with Crippen LogP contribution in [0.25, 0.3) is 10.6 Å². The predicted molar refractivity (Wildman–Crippen MR) is 69.5 cm³/mol. The van der Waals surface area contributed by atoms with Gasteiger partial charge in [0.15, 0.2) is 0 Å². The summed E-state index contributed by atoms with van der Waals surface area (Å²) >= 11 is 1.24. The minimum absolute atomic E-state index is 0.0735. The molecule has 0 saturated carbocycles. The number of ether oxygens (including phenoxy) is 1. The molecule has 4 nitrogen and oxygen atoms in total. The summed E-state index contributed by atoms with van der Waals surface area (Å²) in [6.07, 6.45) is 0.0735. The van der Waals surface area contributed by atoms with Gasteiger partial charge in [0.2, 0.25) is 0 Å². The van der Waals surface area contributed by atoms with Gasteiger partial charge in [0.1, 0.15) is 16.6 Å². The molecule has 0 aliphatic heterocycles. The molecule has 19 heavy (non-hydrogen) atoms. The molecule has 100 valence electrons. The lowest BCUT2D eigenvalue weighted by Crippen LogP contribution is -2.07. The number of rotatable bonds is 4. The molecular formula is C13H12FNO3S. The number of hydrogen-bond donors (Lipinski definition) is 1. The first-order valence-corrected chi connectivity index (χ1v) is 6.57. The van der Waals surface area contributed by atoms with Crippen LogP contribution in [0.4, 0.5) is 4.39 Å². The summed E-state index contributed by atoms with van der Waals surface area (Å²) in [6, 6.07) is 3.88. The van der Waals surface area contributed by atoms with Crippen LogP contribution in [0.15, 0.2) is 23.6 Å². The van der Waals surface area contributed by atoms with Gasteiger partial charge in [-0.3, -0.25) is 4.79 Å². The smallest absolute Gasteiger partial charge is 0.311 e. The number of thiazole rings is 1. The fraction of sp³-hybridized carbons (Fsp3) is 0.231. The van der Waals surface area contributed by atoms with Gasteiger partial charge in [0.25, 0.3) is 0 Å². The summed E-state index contributed by atoms with van der Waals surface area (Å²) in [7, 11) is 0. The van der Waals surface area contributed by atoms with Crippen molar-refractivity contribution in [2.45, 2.75) is 13.3 Å². The highest BCUT2D eigenvalue weighted by molar-refractivity contribution is 7.13. The monoisotopic (exact) mass is 281 g/mol. The van der Waals surface area contributed by atoms with Gasteiger partial charge in [0, 0.05) is 17.0 Å². The van der Waals surface area contributed by atoms with Gasteiger partial charge in [-0.25, -0.2) is 9.37 Å². The number of aromatic hydroxyl groups is 1. The van der Waals surface area contributed by atoms with Gasteiger partial charge in [0.05, 0.1) is 18.7 Å². The van der Waals surface area contributed by atoms with Crippen molar-refractivity contribution in [3.05, 3.63) is 35.1 Å². The lowest BCUT2D eigenvalue weighted by atomic mass is 10.2. The Balaban J connectivity index is 2.18. The maximum absolute atomic E-state index is 13.6. The largest absolute Gasteiger partial charge is 0.508 e. The first-order valence-electron chi connectivity index (χ1n) is 5.69. The molecule has 0 aliphatic carbocycles. The second-order valence-corrected chi connectivity index (χ2v) is 4.65. The first-order chi connectivity index (χ1) is 9.10. The van der Waals surface area contributed by atoms with E-state index >= 15 is 0 Å². The van der Waals surface area contributed by atoms with Crippen molar-refractivity contribution in [3.63, 3.8) is 0 Å². The van der Waals surface area contributed by atoms with Gasteiger partial charge in [-0.05, 0) is 19.1 Å². The van der Waals surface area contributed by atoms with Gasteiger partial charge in [-0.1, -0.05) is 0 Å². The highest BCUT2D eigenvalue weighted by Crippen LogP contribution is 2.28. The molecule has 0 fully saturated rings. The van der Waals surface area contributed by atoms with E-state index in [4.69, 9.17) is 9.84 Å². The Labute approximate surface area is 113 Å². The Hall–Kier alpha value is -1.95. The maximum atomic E-state index is 13.6. The molecule has 0 spiro atoms. The Morgan fingerprint density at radius 1 is 1.53 bits per heavy atom. The molecular weight excluding hydrogens is 269 g/mol. The molecule has 0 unspecified atom stereocenters. The van der Waals surface area contributed by atoms with Crippen LogP contribution >= 0.6 is 11.3 Å². The molecule has 2 aromatic rings. The Morgan fingerprint density at radius 3 is 3.00 bits per heavy atom. The van der Waals surface area contributed by atoms with Gasteiger partial charge in [-0.2, -0.15) is 0 Å². The van der Waals surface area contributed by atoms with Crippen LogP contribution in [-0.4, -0.2) is 22.7 Å². The van der Waals surface area contributed by atoms with Crippen molar-refractivity contribution in [2.24, 2.45) is 0 Å². The quantitative estimate of drug-likeness (QED) is 0.875. The highest BCUT2D eigenvalue weighted by Gasteiger charge is 2.12. The summed E-state index contributed by atoms with van der Waals surface area (Å²) in [5, 5.41) is 11.3. The molecule has 1 aromatic heterocycles. The molecule has 0 amide bonds. The Bertz CT molecular complexity index is 597. The maximum Gasteiger partial charge on any atom is 0.311 e. The topological polar surface area (TPSA) is 59.4 Å². The van der Waals surface area contributed by atoms with E-state index in [1.807, 2.05) is 0 Å². The van der Waals surface area contributed by atoms with Gasteiger partial charge in [-0.15, -0.1) is 11.3 Å². The van der Waals surface area contributed by atoms with Crippen molar-refractivity contribution in [2.75, 3.05) is 6.61 Å². The second-order valence-electron chi connectivity index (χ2n) is 3.79. The minimum atomic E-state index is -0.544. The fourth-order valence-corrected chi connectivity index (χ4v) is 2.40. The molecule has 0 saturated heterocycles. The number of aromatic nitrogens is 1. The van der Waals surface area contributed by atoms with Crippen LogP contribution in [0.5, 0.6) is 5.75 Å². The number of nitrogens with zero attached hydrogens (tertiary/aromatic N) is 1. The third-order valence-corrected chi connectivity index (χ3v) is 3.29. The number of esters is 1. The van der Waals surface area contributed by atoms with Crippen LogP contribution in [0.3, 0.4) is 0 Å². The molecule has 2 rings (SSSR count). The first kappa shape index (κ1) is 13.5. The summed E-state index contributed by atoms with van der Waals surface area (Å²) < 4.78 is 18.5. The Morgan fingerprint density at radius 2 is 2.32 bits per heavy atom. The molecule has 1 aromatic carbocycles. The molecule has 6 heteroatoms. The van der Waals surface area contributed by atoms with Crippen molar-refractivity contribution >= 4 is 17.3 Å². The number of carbonyl (C=O) groups is 1. The number of hydrogen-bond acceptors (Lipinski definition) is 5. The average Bonchev–Trinajstić information content (AvgIpc) is 2.77. The van der Waals surface area contributed by atoms with E-state index in [2.05, 4.69) is 4.98 Å². The number of phenolic OH excluding ortho intramolecular Hbond substituents is 1. The average molecular weight is 281 g/mol. The fourth-order valence-electron chi connectivity index (χ4n) is 1.55. The zero-order valence-corrected chi connectivity index (χ0v) is 11.0. The summed E-state index contributed by atoms with van der Waals surface area (Å²) in [5.74, 6) is -1.04. The third-order valence-electron chi connectivity index (χ3n) is 2.37. The van der Waals surface area contributed by atoms with E-state index in [1.54, 1.807) is 12.3 Å². The molecule has 0 atom stereocenters. The van der Waals surface area contributed by atoms with E-state index in [1.165, 1.54) is 23.5 Å². The molecule has 1 heterocycles. The minimum Gasteiger partial charge on any atom is -0.508 e. The normalized spacial score (nSPS) is 10.4. The van der Waals surface area contributed by atoms with E-state index in [9.17, 15) is 9.18 Å². The summed E-state index contributed by atoms with van der Waals surface area (Å²) in [4.78, 5) is 15.5. The predicted octanol–water partition coefficient (Wildman–Crippen LogP) is 2.76. The zero-order chi connectivity index (χ0) is 13.8. The highest BCUT2D eigenvalue weighted by atomic mass is 32.1. The van der Waals surface area contributed by atoms with E-state index in [0.717, 1.165) is 6.07 Å². The number of carbonyl (C=O) groups excluding carboxylic acids is 1. The number of benzene rings is 1. The van der Waals surface area contributed by atoms with Crippen LogP contribution in [0.2, 0.25) is 0 Å². The third kappa shape index (κ3) is 3.29. The summed E-state index contributed by atoms with van der Waals surface area (Å²) in [6.45, 7) is 2.05. The SMILES string of the molecule is CCOC(=O)Cc1csc(-c2ccc(O)cc2F)n1. The molecule has 0 aliphatic rings. The molecule has 1 N–H and O–H groups in total. The van der Waals surface area contributed by atoms with E-state index < -0.39 is 5.82 Å². The number of phenols is 1. The van der Waals surface area contributed by atoms with Crippen LogP contribution < -0.4 is 0 Å². The van der Waals surface area contributed by atoms with Gasteiger partial charge < -0.3 is 9.84 Å². The van der Waals surface area contributed by atoms with Crippen molar-refractivity contribution in [1.82, 2.24) is 4.98 Å². The standard InChI is InChI=1S/C13H12FNO3S/c1-2-18-12(17)5-8-7-19-13(15-8)10-4-3-9(16)6-11(10)14/h3-4,6-7,16H,2,5H2,1H3. The van der Waals surface area contributed by atoms with Crippen molar-refractivity contribution < 1.29 is 19.0 Å². The van der Waals surface area contributed by atoms with Crippen LogP contribution in [0, 0.1) is 5.82 Å².